The highest BCUT2D eigenvalue weighted by Crippen LogP contribution is 2.10. The molecule has 0 aliphatic heterocycles. The van der Waals surface area contributed by atoms with E-state index >= 15 is 0 Å². The molecule has 0 spiro atoms. The van der Waals surface area contributed by atoms with Gasteiger partial charge in [-0.05, 0) is 36.6 Å². The fraction of sp³-hybridized carbons (Fsp3) is 0.500. The van der Waals surface area contributed by atoms with Crippen LogP contribution in [0.5, 0.6) is 0 Å². The Morgan fingerprint density at radius 3 is 2.39 bits per heavy atom. The van der Waals surface area contributed by atoms with E-state index in [2.05, 4.69) is 18.7 Å². The summed E-state index contributed by atoms with van der Waals surface area (Å²) in [5.41, 5.74) is 12.8. The number of benzene rings is 1. The van der Waals surface area contributed by atoms with Gasteiger partial charge < -0.3 is 11.5 Å². The number of anilines is 1. The molecule has 4 heteroatoms. The molecule has 0 unspecified atom stereocenters. The normalized spacial score (nSPS) is 11.1. The Hall–Kier alpha value is -1.55. The number of nitrogen functional groups attached to an aromatic ring is 1. The monoisotopic (exact) mass is 249 g/mol. The lowest BCUT2D eigenvalue weighted by atomic mass is 10.1. The maximum atomic E-state index is 11.1. The van der Waals surface area contributed by atoms with Crippen LogP contribution in [0.1, 0.15) is 25.8 Å². The van der Waals surface area contributed by atoms with Crippen LogP contribution in [0, 0.1) is 5.92 Å². The van der Waals surface area contributed by atoms with E-state index in [1.807, 2.05) is 24.3 Å². The Morgan fingerprint density at radius 1 is 1.28 bits per heavy atom. The molecule has 0 bridgehead atoms. The third-order valence-electron chi connectivity index (χ3n) is 2.79. The molecule has 1 amide bonds. The van der Waals surface area contributed by atoms with E-state index in [9.17, 15) is 4.79 Å². The van der Waals surface area contributed by atoms with Crippen molar-refractivity contribution in [2.24, 2.45) is 11.7 Å². The number of nitrogens with two attached hydrogens (primary N) is 2. The summed E-state index contributed by atoms with van der Waals surface area (Å²) in [6, 6.07) is 7.72. The average molecular weight is 249 g/mol. The Balaban J connectivity index is 2.59. The van der Waals surface area contributed by atoms with E-state index in [0.717, 1.165) is 30.8 Å². The van der Waals surface area contributed by atoms with Gasteiger partial charge in [0.2, 0.25) is 5.91 Å². The lowest BCUT2D eigenvalue weighted by Crippen LogP contribution is -2.34. The van der Waals surface area contributed by atoms with Gasteiger partial charge in [-0.1, -0.05) is 26.0 Å². The predicted octanol–water partition coefficient (Wildman–Crippen LogP) is 1.60. The van der Waals surface area contributed by atoms with Crippen molar-refractivity contribution < 1.29 is 4.79 Å². The zero-order valence-electron chi connectivity index (χ0n) is 11.2. The van der Waals surface area contributed by atoms with Crippen LogP contribution in [-0.4, -0.2) is 23.9 Å². The molecule has 0 atom stereocenters. The van der Waals surface area contributed by atoms with Crippen LogP contribution in [0.2, 0.25) is 0 Å². The van der Waals surface area contributed by atoms with Gasteiger partial charge in [0.05, 0.1) is 6.54 Å². The molecule has 100 valence electrons. The molecule has 0 aliphatic carbocycles. The largest absolute Gasteiger partial charge is 0.399 e. The molecule has 0 saturated carbocycles. The second-order valence-corrected chi connectivity index (χ2v) is 5.10. The predicted molar refractivity (Wildman–Crippen MR) is 74.8 cm³/mol. The van der Waals surface area contributed by atoms with Gasteiger partial charge in [-0.25, -0.2) is 0 Å². The summed E-state index contributed by atoms with van der Waals surface area (Å²) in [7, 11) is 0. The summed E-state index contributed by atoms with van der Waals surface area (Å²) >= 11 is 0. The molecule has 1 rings (SSSR count). The summed E-state index contributed by atoms with van der Waals surface area (Å²) in [5, 5.41) is 0. The van der Waals surface area contributed by atoms with Crippen LogP contribution >= 0.6 is 0 Å². The Bertz CT molecular complexity index is 373. The number of carbonyl (C=O) groups is 1. The smallest absolute Gasteiger partial charge is 0.231 e. The summed E-state index contributed by atoms with van der Waals surface area (Å²) in [4.78, 5) is 13.1. The number of primary amides is 1. The second-order valence-electron chi connectivity index (χ2n) is 5.10. The highest BCUT2D eigenvalue weighted by atomic mass is 16.1. The Kier molecular flexibility index (Phi) is 5.65. The van der Waals surface area contributed by atoms with E-state index in [1.165, 1.54) is 0 Å². The number of hydrogen-bond acceptors (Lipinski definition) is 3. The molecule has 18 heavy (non-hydrogen) atoms. The van der Waals surface area contributed by atoms with Gasteiger partial charge in [0.1, 0.15) is 0 Å². The molecular weight excluding hydrogens is 226 g/mol. The molecule has 1 aromatic carbocycles. The van der Waals surface area contributed by atoms with Crippen molar-refractivity contribution in [2.45, 2.75) is 26.8 Å². The molecule has 0 radical (unpaired) electrons. The summed E-state index contributed by atoms with van der Waals surface area (Å²) < 4.78 is 0. The van der Waals surface area contributed by atoms with Gasteiger partial charge in [0, 0.05) is 12.2 Å². The first kappa shape index (κ1) is 14.5. The van der Waals surface area contributed by atoms with E-state index in [4.69, 9.17) is 11.5 Å². The van der Waals surface area contributed by atoms with Gasteiger partial charge in [0.15, 0.2) is 0 Å². The number of amides is 1. The van der Waals surface area contributed by atoms with E-state index < -0.39 is 0 Å². The minimum Gasteiger partial charge on any atom is -0.399 e. The van der Waals surface area contributed by atoms with Crippen molar-refractivity contribution in [2.75, 3.05) is 18.8 Å². The minimum atomic E-state index is -0.283. The van der Waals surface area contributed by atoms with Crippen LogP contribution in [0.25, 0.3) is 0 Å². The highest BCUT2D eigenvalue weighted by Gasteiger charge is 2.09. The van der Waals surface area contributed by atoms with Crippen LogP contribution in [0.4, 0.5) is 5.69 Å². The Morgan fingerprint density at radius 2 is 1.89 bits per heavy atom. The quantitative estimate of drug-likeness (QED) is 0.721. The minimum absolute atomic E-state index is 0.283. The van der Waals surface area contributed by atoms with Gasteiger partial charge in [-0.3, -0.25) is 9.69 Å². The fourth-order valence-corrected chi connectivity index (χ4v) is 1.76. The average Bonchev–Trinajstić information content (AvgIpc) is 2.28. The van der Waals surface area contributed by atoms with Crippen LogP contribution < -0.4 is 11.5 Å². The maximum Gasteiger partial charge on any atom is 0.231 e. The molecular formula is C14H23N3O. The van der Waals surface area contributed by atoms with E-state index in [1.54, 1.807) is 0 Å². The highest BCUT2D eigenvalue weighted by molar-refractivity contribution is 5.75. The van der Waals surface area contributed by atoms with Gasteiger partial charge in [-0.2, -0.15) is 0 Å². The van der Waals surface area contributed by atoms with E-state index in [0.29, 0.717) is 12.5 Å². The lowest BCUT2D eigenvalue weighted by Gasteiger charge is -2.21. The third kappa shape index (κ3) is 5.68. The number of carbonyl (C=O) groups excluding carboxylic acids is 1. The first-order chi connectivity index (χ1) is 8.47. The third-order valence-corrected chi connectivity index (χ3v) is 2.79. The topological polar surface area (TPSA) is 72.3 Å². The molecule has 0 fully saturated rings. The standard InChI is InChI=1S/C14H23N3O/c1-11(2)7-8-17(10-14(16)18)9-12-3-5-13(15)6-4-12/h3-6,11H,7-10,15H2,1-2H3,(H2,16,18). The molecule has 0 aliphatic rings. The molecule has 4 nitrogen and oxygen atoms in total. The molecule has 0 aromatic heterocycles. The van der Waals surface area contributed by atoms with Crippen LogP contribution in [-0.2, 0) is 11.3 Å². The van der Waals surface area contributed by atoms with Gasteiger partial charge >= 0.3 is 0 Å². The number of rotatable bonds is 7. The zero-order valence-corrected chi connectivity index (χ0v) is 11.2. The van der Waals surface area contributed by atoms with Crippen molar-refractivity contribution in [1.29, 1.82) is 0 Å². The summed E-state index contributed by atoms with van der Waals surface area (Å²) in [6.45, 7) is 6.26. The Labute approximate surface area is 109 Å². The second kappa shape index (κ2) is 7.01. The fourth-order valence-electron chi connectivity index (χ4n) is 1.76. The first-order valence-corrected chi connectivity index (χ1v) is 6.32. The number of hydrogen-bond donors (Lipinski definition) is 2. The van der Waals surface area contributed by atoms with E-state index in [-0.39, 0.29) is 5.91 Å². The first-order valence-electron chi connectivity index (χ1n) is 6.32. The van der Waals surface area contributed by atoms with Crippen LogP contribution in [0.3, 0.4) is 0 Å². The lowest BCUT2D eigenvalue weighted by molar-refractivity contribution is -0.119. The molecule has 4 N–H and O–H groups in total. The summed E-state index contributed by atoms with van der Waals surface area (Å²) in [6.07, 6.45) is 1.06. The van der Waals surface area contributed by atoms with Gasteiger partial charge in [-0.15, -0.1) is 0 Å². The maximum absolute atomic E-state index is 11.1. The van der Waals surface area contributed by atoms with Gasteiger partial charge in [0.25, 0.3) is 0 Å². The van der Waals surface area contributed by atoms with Crippen molar-refractivity contribution in [3.05, 3.63) is 29.8 Å². The summed E-state index contributed by atoms with van der Waals surface area (Å²) in [5.74, 6) is 0.334. The molecule has 0 heterocycles. The zero-order chi connectivity index (χ0) is 13.5. The SMILES string of the molecule is CC(C)CCN(CC(N)=O)Cc1ccc(N)cc1. The molecule has 1 aromatic rings. The van der Waals surface area contributed by atoms with Crippen LogP contribution in [0.15, 0.2) is 24.3 Å². The van der Waals surface area contributed by atoms with Crippen molar-refractivity contribution in [1.82, 2.24) is 4.90 Å². The van der Waals surface area contributed by atoms with Crippen molar-refractivity contribution in [3.8, 4) is 0 Å². The van der Waals surface area contributed by atoms with Crippen molar-refractivity contribution in [3.63, 3.8) is 0 Å². The number of nitrogens with zero attached hydrogens (tertiary/aromatic N) is 1. The molecule has 0 saturated heterocycles. The van der Waals surface area contributed by atoms with Crippen molar-refractivity contribution >= 4 is 11.6 Å².